The lowest BCUT2D eigenvalue weighted by Gasteiger charge is -2.49. The third kappa shape index (κ3) is 2.69. The molecule has 0 aromatic heterocycles. The minimum atomic E-state index is 0.470. The van der Waals surface area contributed by atoms with Gasteiger partial charge < -0.3 is 4.74 Å². The van der Waals surface area contributed by atoms with Gasteiger partial charge in [-0.25, -0.2) is 0 Å². The summed E-state index contributed by atoms with van der Waals surface area (Å²) in [5.41, 5.74) is 4.84. The molecule has 1 nitrogen and oxygen atoms in total. The van der Waals surface area contributed by atoms with Crippen molar-refractivity contribution >= 4 is 0 Å². The van der Waals surface area contributed by atoms with Crippen molar-refractivity contribution in [1.82, 2.24) is 0 Å². The van der Waals surface area contributed by atoms with E-state index in [1.807, 2.05) is 6.07 Å². The first kappa shape index (κ1) is 16.2. The van der Waals surface area contributed by atoms with Gasteiger partial charge in [-0.05, 0) is 84.1 Å². The van der Waals surface area contributed by atoms with Gasteiger partial charge in [-0.2, -0.15) is 0 Å². The molecule has 1 saturated carbocycles. The smallest absolute Gasteiger partial charge is 0.120 e. The maximum Gasteiger partial charge on any atom is 0.120 e. The number of rotatable bonds is 3. The maximum atomic E-state index is 6.07. The highest BCUT2D eigenvalue weighted by Crippen LogP contribution is 2.58. The van der Waals surface area contributed by atoms with Crippen molar-refractivity contribution in [2.24, 2.45) is 17.3 Å². The fourth-order valence-electron chi connectivity index (χ4n) is 5.87. The Bertz CT molecular complexity index is 821. The lowest BCUT2D eigenvalue weighted by Crippen LogP contribution is -2.39. The van der Waals surface area contributed by atoms with Crippen molar-refractivity contribution in [2.75, 3.05) is 0 Å². The van der Waals surface area contributed by atoms with E-state index >= 15 is 0 Å². The Hall–Kier alpha value is -2.02. The standard InChI is InChI=1S/C25H28O/c1-25-14-5-8-24(25)23-11-9-19-16-20(10-12-21(19)22(23)13-15-25)26-17-18-6-3-2-4-7-18/h2-7,10,12,14,16,22-24H,8-9,11,13,15,17H2,1H3/t22-,23-,24+,25+/m1/s1. The zero-order valence-electron chi connectivity index (χ0n) is 15.7. The Morgan fingerprint density at radius 1 is 1.08 bits per heavy atom. The van der Waals surface area contributed by atoms with Gasteiger partial charge in [0.25, 0.3) is 0 Å². The van der Waals surface area contributed by atoms with Gasteiger partial charge in [-0.15, -0.1) is 0 Å². The molecule has 0 amide bonds. The highest BCUT2D eigenvalue weighted by molar-refractivity contribution is 5.41. The van der Waals surface area contributed by atoms with E-state index in [4.69, 9.17) is 4.74 Å². The van der Waals surface area contributed by atoms with Crippen LogP contribution in [0.3, 0.4) is 0 Å². The van der Waals surface area contributed by atoms with Crippen LogP contribution in [-0.4, -0.2) is 0 Å². The summed E-state index contributed by atoms with van der Waals surface area (Å²) in [6.45, 7) is 3.14. The van der Waals surface area contributed by atoms with Crippen LogP contribution in [0.1, 0.15) is 55.2 Å². The Morgan fingerprint density at radius 2 is 1.96 bits per heavy atom. The minimum absolute atomic E-state index is 0.470. The van der Waals surface area contributed by atoms with Crippen molar-refractivity contribution in [3.8, 4) is 5.75 Å². The topological polar surface area (TPSA) is 9.23 Å². The first-order valence-corrected chi connectivity index (χ1v) is 10.2. The second-order valence-electron chi connectivity index (χ2n) is 8.73. The van der Waals surface area contributed by atoms with E-state index in [0.717, 1.165) is 23.5 Å². The zero-order valence-corrected chi connectivity index (χ0v) is 15.7. The third-order valence-electron chi connectivity index (χ3n) is 7.27. The van der Waals surface area contributed by atoms with Crippen molar-refractivity contribution in [3.63, 3.8) is 0 Å². The normalized spacial score (nSPS) is 31.8. The zero-order chi connectivity index (χ0) is 17.6. The van der Waals surface area contributed by atoms with Crippen molar-refractivity contribution < 1.29 is 4.74 Å². The quantitative estimate of drug-likeness (QED) is 0.595. The van der Waals surface area contributed by atoms with Crippen LogP contribution in [0.2, 0.25) is 0 Å². The summed E-state index contributed by atoms with van der Waals surface area (Å²) in [5, 5.41) is 0. The van der Waals surface area contributed by atoms with Crippen molar-refractivity contribution in [1.29, 1.82) is 0 Å². The lowest BCUT2D eigenvalue weighted by atomic mass is 9.56. The van der Waals surface area contributed by atoms with E-state index in [1.165, 1.54) is 43.2 Å². The number of hydrogen-bond acceptors (Lipinski definition) is 1. The Morgan fingerprint density at radius 3 is 2.85 bits per heavy atom. The van der Waals surface area contributed by atoms with Crippen LogP contribution >= 0.6 is 0 Å². The summed E-state index contributed by atoms with van der Waals surface area (Å²) in [7, 11) is 0. The molecule has 0 bridgehead atoms. The summed E-state index contributed by atoms with van der Waals surface area (Å²) in [6, 6.07) is 17.3. The molecule has 4 atom stereocenters. The van der Waals surface area contributed by atoms with E-state index in [2.05, 4.69) is 61.5 Å². The number of benzene rings is 2. The average Bonchev–Trinajstić information content (AvgIpc) is 3.08. The summed E-state index contributed by atoms with van der Waals surface area (Å²) in [5.74, 6) is 3.52. The van der Waals surface area contributed by atoms with Crippen molar-refractivity contribution in [3.05, 3.63) is 77.4 Å². The lowest BCUT2D eigenvalue weighted by molar-refractivity contribution is 0.0825. The van der Waals surface area contributed by atoms with E-state index in [-0.39, 0.29) is 0 Å². The molecule has 0 heterocycles. The molecule has 3 aliphatic rings. The molecular weight excluding hydrogens is 316 g/mol. The summed E-state index contributed by atoms with van der Waals surface area (Å²) < 4.78 is 6.07. The Kier molecular flexibility index (Phi) is 3.92. The molecule has 3 aliphatic carbocycles. The molecular formula is C25H28O. The molecule has 0 unspecified atom stereocenters. The number of aryl methyl sites for hydroxylation is 1. The molecule has 0 aliphatic heterocycles. The van der Waals surface area contributed by atoms with E-state index in [0.29, 0.717) is 12.0 Å². The first-order chi connectivity index (χ1) is 12.7. The summed E-state index contributed by atoms with van der Waals surface area (Å²) >= 11 is 0. The van der Waals surface area contributed by atoms with Crippen LogP contribution in [0.5, 0.6) is 5.75 Å². The van der Waals surface area contributed by atoms with Crippen LogP contribution < -0.4 is 4.74 Å². The largest absolute Gasteiger partial charge is 0.489 e. The highest BCUT2D eigenvalue weighted by Gasteiger charge is 2.48. The van der Waals surface area contributed by atoms with Crippen LogP contribution in [0, 0.1) is 17.3 Å². The molecule has 134 valence electrons. The second kappa shape index (κ2) is 6.30. The molecule has 2 aromatic rings. The predicted molar refractivity (Wildman–Crippen MR) is 106 cm³/mol. The second-order valence-corrected chi connectivity index (χ2v) is 8.73. The van der Waals surface area contributed by atoms with Gasteiger partial charge in [0.2, 0.25) is 0 Å². The molecule has 0 saturated heterocycles. The van der Waals surface area contributed by atoms with Crippen LogP contribution in [0.25, 0.3) is 0 Å². The number of fused-ring (bicyclic) bond motifs is 5. The molecule has 0 radical (unpaired) electrons. The fraction of sp³-hybridized carbons (Fsp3) is 0.440. The van der Waals surface area contributed by atoms with Gasteiger partial charge in [0.15, 0.2) is 0 Å². The van der Waals surface area contributed by atoms with Crippen LogP contribution in [0.15, 0.2) is 60.7 Å². The molecule has 2 aromatic carbocycles. The SMILES string of the molecule is C[C@@]12C=CC[C@H]1[C@@H]1CCc3cc(OCc4ccccc4)ccc3[C@H]1CC2. The first-order valence-electron chi connectivity index (χ1n) is 10.2. The Balaban J connectivity index is 1.35. The monoisotopic (exact) mass is 344 g/mol. The van der Waals surface area contributed by atoms with Gasteiger partial charge in [0, 0.05) is 0 Å². The van der Waals surface area contributed by atoms with Gasteiger partial charge >= 0.3 is 0 Å². The van der Waals surface area contributed by atoms with E-state index < -0.39 is 0 Å². The number of allylic oxidation sites excluding steroid dienone is 2. The van der Waals surface area contributed by atoms with Crippen molar-refractivity contribution in [2.45, 2.75) is 51.6 Å². The third-order valence-corrected chi connectivity index (χ3v) is 7.27. The number of hydrogen-bond donors (Lipinski definition) is 0. The van der Waals surface area contributed by atoms with Gasteiger partial charge in [-0.1, -0.05) is 55.5 Å². The predicted octanol–water partition coefficient (Wildman–Crippen LogP) is 6.29. The Labute approximate surface area is 157 Å². The van der Waals surface area contributed by atoms with Gasteiger partial charge in [-0.3, -0.25) is 0 Å². The van der Waals surface area contributed by atoms with Gasteiger partial charge in [0.05, 0.1) is 0 Å². The molecule has 26 heavy (non-hydrogen) atoms. The molecule has 0 spiro atoms. The van der Waals surface area contributed by atoms with Crippen LogP contribution in [-0.2, 0) is 13.0 Å². The highest BCUT2D eigenvalue weighted by atomic mass is 16.5. The fourth-order valence-corrected chi connectivity index (χ4v) is 5.87. The minimum Gasteiger partial charge on any atom is -0.489 e. The molecule has 1 heteroatoms. The molecule has 1 fully saturated rings. The average molecular weight is 344 g/mol. The van der Waals surface area contributed by atoms with E-state index in [1.54, 1.807) is 5.56 Å². The van der Waals surface area contributed by atoms with Gasteiger partial charge in [0.1, 0.15) is 12.4 Å². The molecule has 0 N–H and O–H groups in total. The summed E-state index contributed by atoms with van der Waals surface area (Å²) in [6.07, 6.45) is 11.5. The molecule has 5 rings (SSSR count). The number of ether oxygens (including phenoxy) is 1. The summed E-state index contributed by atoms with van der Waals surface area (Å²) in [4.78, 5) is 0. The van der Waals surface area contributed by atoms with E-state index in [9.17, 15) is 0 Å². The maximum absolute atomic E-state index is 6.07. The van der Waals surface area contributed by atoms with Crippen LogP contribution in [0.4, 0.5) is 0 Å².